The molecule has 32 heavy (non-hydrogen) atoms. The predicted octanol–water partition coefficient (Wildman–Crippen LogP) is 3.79. The molecule has 0 aliphatic carbocycles. The molecule has 12 nitrogen and oxygen atoms in total. The van der Waals surface area contributed by atoms with Crippen LogP contribution < -0.4 is 4.74 Å². The molecule has 2 aromatic rings. The van der Waals surface area contributed by atoms with E-state index >= 15 is 0 Å². The Kier molecular flexibility index (Phi) is 11.6. The number of amides is 1. The van der Waals surface area contributed by atoms with Gasteiger partial charge in [-0.05, 0) is 18.6 Å². The summed E-state index contributed by atoms with van der Waals surface area (Å²) in [6.07, 6.45) is 5.48. The van der Waals surface area contributed by atoms with Crippen LogP contribution in [0.2, 0.25) is 15.1 Å². The molecule has 0 saturated carbocycles. The molecule has 1 heterocycles. The molecule has 0 radical (unpaired) electrons. The lowest BCUT2D eigenvalue weighted by Gasteiger charge is -2.22. The molecule has 0 aliphatic heterocycles. The lowest BCUT2D eigenvalue weighted by Crippen LogP contribution is -2.37. The van der Waals surface area contributed by atoms with Gasteiger partial charge in [0.2, 0.25) is 0 Å². The van der Waals surface area contributed by atoms with Crippen LogP contribution in [0.1, 0.15) is 13.3 Å². The quantitative estimate of drug-likeness (QED) is 0.352. The summed E-state index contributed by atoms with van der Waals surface area (Å²) in [4.78, 5) is 48.9. The third-order valence-corrected chi connectivity index (χ3v) is 5.75. The van der Waals surface area contributed by atoms with Gasteiger partial charge in [0.25, 0.3) is 0 Å². The molecule has 0 aliphatic rings. The number of nitrogens with zero attached hydrogens (tertiary/aromatic N) is 3. The third kappa shape index (κ3) is 11.1. The lowest BCUT2D eigenvalue weighted by molar-refractivity contribution is 0.184. The number of ether oxygens (including phenoxy) is 1. The number of halogens is 3. The van der Waals surface area contributed by atoms with Gasteiger partial charge >= 0.3 is 21.7 Å². The molecule has 0 saturated heterocycles. The average molecular weight is 555 g/mol. The van der Waals surface area contributed by atoms with Gasteiger partial charge in [-0.3, -0.25) is 4.57 Å². The van der Waals surface area contributed by atoms with Crippen LogP contribution in [0.15, 0.2) is 30.9 Å². The maximum atomic E-state index is 12.3. The molecule has 180 valence electrons. The maximum Gasteiger partial charge on any atom is 0.478 e. The summed E-state index contributed by atoms with van der Waals surface area (Å²) in [5.41, 5.74) is 0. The number of carbonyl (C=O) groups excluding carboxylic acids is 1. The van der Waals surface area contributed by atoms with E-state index in [1.807, 2.05) is 6.92 Å². The Morgan fingerprint density at radius 3 is 2.06 bits per heavy atom. The molecule has 17 heteroatoms. The van der Waals surface area contributed by atoms with Crippen molar-refractivity contribution in [1.29, 1.82) is 0 Å². The molecule has 0 atom stereocenters. The van der Waals surface area contributed by atoms with Gasteiger partial charge in [-0.15, -0.1) is 0 Å². The minimum atomic E-state index is -5.05. The summed E-state index contributed by atoms with van der Waals surface area (Å²) in [5, 5.41) is 1.12. The summed E-state index contributed by atoms with van der Waals surface area (Å²) in [6.45, 7) is 3.28. The van der Waals surface area contributed by atoms with Crippen LogP contribution in [0, 0.1) is 0 Å². The van der Waals surface area contributed by atoms with Crippen molar-refractivity contribution in [2.75, 3.05) is 19.7 Å². The number of imidazole rings is 1. The number of phosphoric acid groups is 2. The Morgan fingerprint density at radius 1 is 1.09 bits per heavy atom. The SMILES string of the molecule is CCCN(CCOc1c(Cl)cc(Cl)cc1Cl)C(=O)n1ccnc1.O=P(O)(O)OP(=O)(O)O. The molecule has 1 amide bonds. The number of carbonyl (C=O) groups is 1. The van der Waals surface area contributed by atoms with Gasteiger partial charge in [0.05, 0.1) is 16.6 Å². The molecule has 4 N–H and O–H groups in total. The molecular formula is C15H20Cl3N3O9P2. The normalized spacial score (nSPS) is 11.5. The summed E-state index contributed by atoms with van der Waals surface area (Å²) in [7, 11) is -10.1. The Morgan fingerprint density at radius 2 is 1.66 bits per heavy atom. The first-order valence-electron chi connectivity index (χ1n) is 8.60. The highest BCUT2D eigenvalue weighted by Crippen LogP contribution is 2.53. The minimum absolute atomic E-state index is 0.152. The van der Waals surface area contributed by atoms with Crippen molar-refractivity contribution in [1.82, 2.24) is 14.5 Å². The van der Waals surface area contributed by atoms with Gasteiger partial charge in [-0.1, -0.05) is 41.7 Å². The molecule has 1 aromatic carbocycles. The van der Waals surface area contributed by atoms with Gasteiger partial charge in [-0.25, -0.2) is 18.9 Å². The van der Waals surface area contributed by atoms with E-state index < -0.39 is 15.6 Å². The Hall–Kier alpha value is -1.17. The second kappa shape index (κ2) is 12.9. The molecule has 0 spiro atoms. The first kappa shape index (κ1) is 28.9. The standard InChI is InChI=1S/C15H16Cl3N3O2.H4O7P2/c1-2-4-20(15(22)21-5-3-19-10-21)6-7-23-14-12(17)8-11(16)9-13(14)18;1-8(2,3)7-9(4,5)6/h3,5,8-10H,2,4,6-7H2,1H3;(H2,1,2,3)(H2,4,5,6). The highest BCUT2D eigenvalue weighted by molar-refractivity contribution is 7.60. The molecule has 0 fully saturated rings. The number of rotatable bonds is 8. The Balaban J connectivity index is 0.000000482. The van der Waals surface area contributed by atoms with Crippen molar-refractivity contribution >= 4 is 56.5 Å². The van der Waals surface area contributed by atoms with Gasteiger partial charge in [0, 0.05) is 24.0 Å². The van der Waals surface area contributed by atoms with E-state index in [0.29, 0.717) is 33.9 Å². The number of hydrogen-bond acceptors (Lipinski definition) is 6. The topological polar surface area (TPSA) is 172 Å². The Labute approximate surface area is 198 Å². The minimum Gasteiger partial charge on any atom is -0.489 e. The zero-order valence-corrected chi connectivity index (χ0v) is 20.5. The third-order valence-electron chi connectivity index (χ3n) is 3.27. The van der Waals surface area contributed by atoms with Gasteiger partial charge in [0.1, 0.15) is 12.9 Å². The van der Waals surface area contributed by atoms with Crippen LogP contribution in [0.5, 0.6) is 5.75 Å². The first-order valence-corrected chi connectivity index (χ1v) is 12.8. The summed E-state index contributed by atoms with van der Waals surface area (Å²) in [5.74, 6) is 0.365. The number of hydrogen-bond donors (Lipinski definition) is 4. The molecular weight excluding hydrogens is 534 g/mol. The monoisotopic (exact) mass is 553 g/mol. The second-order valence-corrected chi connectivity index (χ2v) is 9.72. The maximum absolute atomic E-state index is 12.3. The van der Waals surface area contributed by atoms with Crippen molar-refractivity contribution in [2.45, 2.75) is 13.3 Å². The zero-order valence-electron chi connectivity index (χ0n) is 16.4. The fourth-order valence-corrected chi connectivity index (χ4v) is 4.21. The second-order valence-electron chi connectivity index (χ2n) is 5.85. The van der Waals surface area contributed by atoms with Crippen LogP contribution in [-0.4, -0.2) is 59.8 Å². The van der Waals surface area contributed by atoms with Crippen molar-refractivity contribution in [2.24, 2.45) is 0 Å². The average Bonchev–Trinajstić information content (AvgIpc) is 3.14. The van der Waals surface area contributed by atoms with E-state index in [0.717, 1.165) is 6.42 Å². The van der Waals surface area contributed by atoms with E-state index in [1.54, 1.807) is 29.4 Å². The van der Waals surface area contributed by atoms with Gasteiger partial charge in [-0.2, -0.15) is 4.31 Å². The largest absolute Gasteiger partial charge is 0.489 e. The lowest BCUT2D eigenvalue weighted by atomic mass is 10.3. The fraction of sp³-hybridized carbons (Fsp3) is 0.333. The van der Waals surface area contributed by atoms with Crippen LogP contribution in [0.4, 0.5) is 4.79 Å². The fourth-order valence-electron chi connectivity index (χ4n) is 2.17. The van der Waals surface area contributed by atoms with Crippen LogP contribution in [-0.2, 0) is 13.4 Å². The van der Waals surface area contributed by atoms with E-state index in [-0.39, 0.29) is 12.6 Å². The van der Waals surface area contributed by atoms with Crippen molar-refractivity contribution in [3.8, 4) is 5.75 Å². The number of benzene rings is 1. The number of aromatic nitrogens is 2. The predicted molar refractivity (Wildman–Crippen MR) is 117 cm³/mol. The van der Waals surface area contributed by atoms with Crippen molar-refractivity contribution < 1.29 is 42.5 Å². The van der Waals surface area contributed by atoms with E-state index in [1.165, 1.54) is 10.9 Å². The molecule has 0 bridgehead atoms. The summed E-state index contributed by atoms with van der Waals surface area (Å²) < 4.78 is 29.3. The molecule has 2 rings (SSSR count). The van der Waals surface area contributed by atoms with Gasteiger partial charge < -0.3 is 29.2 Å². The van der Waals surface area contributed by atoms with E-state index in [4.69, 9.17) is 59.1 Å². The molecule has 1 aromatic heterocycles. The van der Waals surface area contributed by atoms with Crippen LogP contribution >= 0.6 is 50.4 Å². The highest BCUT2D eigenvalue weighted by atomic mass is 35.5. The molecule has 0 unspecified atom stereocenters. The summed E-state index contributed by atoms with van der Waals surface area (Å²) >= 11 is 18.0. The Bertz CT molecular complexity index is 939. The highest BCUT2D eigenvalue weighted by Gasteiger charge is 2.28. The smallest absolute Gasteiger partial charge is 0.478 e. The summed E-state index contributed by atoms with van der Waals surface area (Å²) in [6, 6.07) is 2.97. The van der Waals surface area contributed by atoms with Crippen LogP contribution in [0.3, 0.4) is 0 Å². The van der Waals surface area contributed by atoms with E-state index in [2.05, 4.69) is 9.29 Å². The van der Waals surface area contributed by atoms with Crippen molar-refractivity contribution in [3.63, 3.8) is 0 Å². The van der Waals surface area contributed by atoms with Crippen LogP contribution in [0.25, 0.3) is 0 Å². The van der Waals surface area contributed by atoms with Gasteiger partial charge in [0.15, 0.2) is 5.75 Å². The zero-order chi connectivity index (χ0) is 24.5. The first-order chi connectivity index (χ1) is 14.7. The van der Waals surface area contributed by atoms with Crippen molar-refractivity contribution in [3.05, 3.63) is 45.9 Å². The van der Waals surface area contributed by atoms with E-state index in [9.17, 15) is 13.9 Å².